The Kier molecular flexibility index (Phi) is 8.54. The fraction of sp³-hybridized carbons (Fsp3) is 0.194. The summed E-state index contributed by atoms with van der Waals surface area (Å²) in [5, 5.41) is 0.933. The Labute approximate surface area is 245 Å². The van der Waals surface area contributed by atoms with Crippen LogP contribution in [-0.2, 0) is 16.1 Å². The fourth-order valence-corrected chi connectivity index (χ4v) is 5.93. The number of allylic oxidation sites excluding steroid dienone is 1. The van der Waals surface area contributed by atoms with Crippen LogP contribution < -0.4 is 19.6 Å². The van der Waals surface area contributed by atoms with E-state index in [0.717, 1.165) is 17.5 Å². The minimum absolute atomic E-state index is 0.104. The number of halogens is 2. The molecule has 0 spiro atoms. The van der Waals surface area contributed by atoms with Gasteiger partial charge < -0.3 is 9.47 Å². The smallest absolute Gasteiger partial charge is 0.338 e. The number of carbonyl (C=O) groups is 1. The molecule has 9 heteroatoms. The van der Waals surface area contributed by atoms with Crippen LogP contribution in [0.3, 0.4) is 0 Å². The van der Waals surface area contributed by atoms with E-state index in [0.29, 0.717) is 48.6 Å². The van der Waals surface area contributed by atoms with Gasteiger partial charge in [-0.15, -0.1) is 0 Å². The third-order valence-corrected chi connectivity index (χ3v) is 7.92. The molecule has 1 unspecified atom stereocenters. The molecule has 0 amide bonds. The summed E-state index contributed by atoms with van der Waals surface area (Å²) in [6, 6.07) is 21.2. The van der Waals surface area contributed by atoms with E-state index >= 15 is 0 Å². The molecule has 0 fully saturated rings. The van der Waals surface area contributed by atoms with Gasteiger partial charge in [0.05, 0.1) is 28.5 Å². The van der Waals surface area contributed by atoms with Gasteiger partial charge in [-0.05, 0) is 60.4 Å². The molecule has 6 nitrogen and oxygen atoms in total. The van der Waals surface area contributed by atoms with Gasteiger partial charge in [-0.1, -0.05) is 90.0 Å². The van der Waals surface area contributed by atoms with Crippen molar-refractivity contribution < 1.29 is 14.3 Å². The number of thiazole rings is 1. The maximum Gasteiger partial charge on any atom is 0.338 e. The number of esters is 1. The van der Waals surface area contributed by atoms with E-state index < -0.39 is 12.0 Å². The van der Waals surface area contributed by atoms with Crippen LogP contribution in [0, 0.1) is 0 Å². The average Bonchev–Trinajstić information content (AvgIpc) is 3.26. The van der Waals surface area contributed by atoms with Crippen LogP contribution in [0.2, 0.25) is 10.0 Å². The molecule has 1 aliphatic rings. The average molecular weight is 594 g/mol. The van der Waals surface area contributed by atoms with Crippen molar-refractivity contribution in [2.45, 2.75) is 32.9 Å². The Morgan fingerprint density at radius 2 is 1.82 bits per heavy atom. The number of benzene rings is 3. The molecule has 3 aromatic carbocycles. The fourth-order valence-electron chi connectivity index (χ4n) is 4.42. The van der Waals surface area contributed by atoms with Gasteiger partial charge in [0.25, 0.3) is 5.56 Å². The second-order valence-corrected chi connectivity index (χ2v) is 11.1. The molecule has 1 aliphatic heterocycles. The Morgan fingerprint density at radius 1 is 1.07 bits per heavy atom. The number of hydrogen-bond acceptors (Lipinski definition) is 6. The number of fused-ring (bicyclic) bond motifs is 1. The van der Waals surface area contributed by atoms with E-state index in [1.54, 1.807) is 35.8 Å². The minimum Gasteiger partial charge on any atom is -0.494 e. The van der Waals surface area contributed by atoms with Gasteiger partial charge in [-0.25, -0.2) is 9.79 Å². The molecule has 0 saturated heterocycles. The van der Waals surface area contributed by atoms with Crippen LogP contribution in [0.4, 0.5) is 0 Å². The van der Waals surface area contributed by atoms with Crippen molar-refractivity contribution in [1.29, 1.82) is 0 Å². The summed E-state index contributed by atoms with van der Waals surface area (Å²) in [6.45, 7) is 4.50. The number of hydrogen-bond donors (Lipinski definition) is 0. The first-order chi connectivity index (χ1) is 19.4. The predicted octanol–water partition coefficient (Wildman–Crippen LogP) is 6.07. The molecule has 0 bridgehead atoms. The summed E-state index contributed by atoms with van der Waals surface area (Å²) >= 11 is 13.7. The van der Waals surface area contributed by atoms with Crippen molar-refractivity contribution in [2.24, 2.45) is 4.99 Å². The van der Waals surface area contributed by atoms with Crippen LogP contribution in [0.25, 0.3) is 6.08 Å². The van der Waals surface area contributed by atoms with E-state index in [1.165, 1.54) is 11.3 Å². The summed E-state index contributed by atoms with van der Waals surface area (Å²) in [5.74, 6) is 0.181. The normalized spacial score (nSPS) is 15.0. The first kappa shape index (κ1) is 27.9. The molecule has 1 atom stereocenters. The standard InChI is InChI=1S/C31H26Cl2N2O4S/c1-3-15-38-24-13-10-21(11-14-24)28-27(30(37)39-18-20-7-5-4-6-8-20)19(2)34-31-35(28)29(36)26(40-31)16-22-9-12-23(32)17-25(22)33/h4-14,16-17,28H,3,15,18H2,1-2H3. The highest BCUT2D eigenvalue weighted by Crippen LogP contribution is 2.32. The maximum absolute atomic E-state index is 13.9. The molecule has 4 aromatic rings. The van der Waals surface area contributed by atoms with Crippen LogP contribution in [0.5, 0.6) is 5.75 Å². The Bertz CT molecular complexity index is 1760. The van der Waals surface area contributed by atoms with Gasteiger partial charge in [0.1, 0.15) is 12.4 Å². The van der Waals surface area contributed by atoms with E-state index in [2.05, 4.69) is 4.99 Å². The van der Waals surface area contributed by atoms with Gasteiger partial charge >= 0.3 is 5.97 Å². The topological polar surface area (TPSA) is 69.9 Å². The molecule has 40 heavy (non-hydrogen) atoms. The number of ether oxygens (including phenoxy) is 2. The van der Waals surface area contributed by atoms with Gasteiger partial charge in [0.15, 0.2) is 4.80 Å². The lowest BCUT2D eigenvalue weighted by Crippen LogP contribution is -2.39. The zero-order valence-corrected chi connectivity index (χ0v) is 24.2. The monoisotopic (exact) mass is 592 g/mol. The van der Waals surface area contributed by atoms with E-state index in [4.69, 9.17) is 32.7 Å². The van der Waals surface area contributed by atoms with E-state index in [-0.39, 0.29) is 12.2 Å². The summed E-state index contributed by atoms with van der Waals surface area (Å²) in [7, 11) is 0. The SMILES string of the molecule is CCCOc1ccc(C2C(C(=O)OCc3ccccc3)=C(C)N=c3sc(=Cc4ccc(Cl)cc4Cl)c(=O)n32)cc1. The Morgan fingerprint density at radius 3 is 2.52 bits per heavy atom. The summed E-state index contributed by atoms with van der Waals surface area (Å²) in [4.78, 5) is 32.6. The van der Waals surface area contributed by atoms with Gasteiger partial charge in [-0.2, -0.15) is 0 Å². The second-order valence-electron chi connectivity index (χ2n) is 9.23. The highest BCUT2D eigenvalue weighted by Gasteiger charge is 2.33. The molecule has 204 valence electrons. The van der Waals surface area contributed by atoms with Crippen LogP contribution in [0.15, 0.2) is 93.9 Å². The third-order valence-electron chi connectivity index (χ3n) is 6.37. The highest BCUT2D eigenvalue weighted by atomic mass is 35.5. The van der Waals surface area contributed by atoms with Crippen LogP contribution in [0.1, 0.15) is 43.0 Å². The molecular weight excluding hydrogens is 567 g/mol. The summed E-state index contributed by atoms with van der Waals surface area (Å²) in [6.07, 6.45) is 2.60. The lowest BCUT2D eigenvalue weighted by molar-refractivity contribution is -0.140. The maximum atomic E-state index is 13.9. The van der Waals surface area contributed by atoms with E-state index in [1.807, 2.05) is 61.5 Å². The third kappa shape index (κ3) is 5.92. The molecular formula is C31H26Cl2N2O4S. The Hall–Kier alpha value is -3.65. The second kappa shape index (κ2) is 12.3. The lowest BCUT2D eigenvalue weighted by atomic mass is 9.96. The van der Waals surface area contributed by atoms with Crippen LogP contribution in [-0.4, -0.2) is 17.1 Å². The quantitative estimate of drug-likeness (QED) is 0.233. The summed E-state index contributed by atoms with van der Waals surface area (Å²) in [5.41, 5.74) is 2.77. The predicted molar refractivity (Wildman–Crippen MR) is 159 cm³/mol. The number of carbonyl (C=O) groups excluding carboxylic acids is 1. The summed E-state index contributed by atoms with van der Waals surface area (Å²) < 4.78 is 13.5. The molecule has 0 radical (unpaired) electrons. The van der Waals surface area contributed by atoms with Crippen molar-refractivity contribution in [1.82, 2.24) is 4.57 Å². The van der Waals surface area contributed by atoms with Gasteiger partial charge in [0, 0.05) is 10.0 Å². The lowest BCUT2D eigenvalue weighted by Gasteiger charge is -2.25. The largest absolute Gasteiger partial charge is 0.494 e. The number of rotatable bonds is 8. The first-order valence-corrected chi connectivity index (χ1v) is 14.3. The molecule has 0 saturated carbocycles. The van der Waals surface area contributed by atoms with Crippen LogP contribution >= 0.6 is 34.5 Å². The van der Waals surface area contributed by atoms with Crippen molar-refractivity contribution in [3.05, 3.63) is 130 Å². The van der Waals surface area contributed by atoms with Crippen molar-refractivity contribution >= 4 is 46.6 Å². The molecule has 2 heterocycles. The van der Waals surface area contributed by atoms with Crippen molar-refractivity contribution in [3.8, 4) is 5.75 Å². The molecule has 0 N–H and O–H groups in total. The zero-order chi connectivity index (χ0) is 28.2. The Balaban J connectivity index is 1.60. The van der Waals surface area contributed by atoms with Crippen molar-refractivity contribution in [2.75, 3.05) is 6.61 Å². The minimum atomic E-state index is -0.734. The molecule has 5 rings (SSSR count). The van der Waals surface area contributed by atoms with E-state index in [9.17, 15) is 9.59 Å². The van der Waals surface area contributed by atoms with Gasteiger partial charge in [-0.3, -0.25) is 9.36 Å². The molecule has 0 aliphatic carbocycles. The number of aromatic nitrogens is 1. The number of nitrogens with zero attached hydrogens (tertiary/aromatic N) is 2. The van der Waals surface area contributed by atoms with Gasteiger partial charge in [0.2, 0.25) is 0 Å². The highest BCUT2D eigenvalue weighted by molar-refractivity contribution is 7.07. The zero-order valence-electron chi connectivity index (χ0n) is 21.9. The molecule has 1 aromatic heterocycles. The first-order valence-electron chi connectivity index (χ1n) is 12.8. The van der Waals surface area contributed by atoms with Crippen molar-refractivity contribution in [3.63, 3.8) is 0 Å².